The van der Waals surface area contributed by atoms with Crippen molar-refractivity contribution in [1.29, 1.82) is 0 Å². The molecule has 2 rings (SSSR count). The lowest BCUT2D eigenvalue weighted by Gasteiger charge is -2.05. The van der Waals surface area contributed by atoms with Gasteiger partial charge in [0, 0.05) is 6.08 Å². The number of hydrogen-bond acceptors (Lipinski definition) is 4. The molecule has 124 valence electrons. The van der Waals surface area contributed by atoms with Crippen LogP contribution in [0.25, 0.3) is 0 Å². The summed E-state index contributed by atoms with van der Waals surface area (Å²) in [6.07, 6.45) is 5.10. The smallest absolute Gasteiger partial charge is 0.343 e. The number of para-hydroxylation sites is 1. The zero-order valence-electron chi connectivity index (χ0n) is 13.0. The fourth-order valence-corrected chi connectivity index (χ4v) is 2.28. The van der Waals surface area contributed by atoms with E-state index in [1.54, 1.807) is 54.6 Å². The number of carbonyl (C=O) groups excluding carboxylic acids is 2. The van der Waals surface area contributed by atoms with Gasteiger partial charge < -0.3 is 9.47 Å². The molecule has 0 unspecified atom stereocenters. The molecule has 24 heavy (non-hydrogen) atoms. The molecular formula is C19H17IO4. The molecule has 0 aliphatic rings. The van der Waals surface area contributed by atoms with Crippen LogP contribution in [0.3, 0.4) is 0 Å². The summed E-state index contributed by atoms with van der Waals surface area (Å²) in [6, 6.07) is 15.1. The predicted molar refractivity (Wildman–Crippen MR) is 101 cm³/mol. The summed E-state index contributed by atoms with van der Waals surface area (Å²) in [6.45, 7) is 0. The van der Waals surface area contributed by atoms with E-state index in [4.69, 9.17) is 9.47 Å². The SMILES string of the molecule is O=C(C=CCCCI)Oc1ccc(C(=O)Oc2ccccc2)cc1. The Morgan fingerprint density at radius 1 is 0.917 bits per heavy atom. The Bertz CT molecular complexity index is 693. The molecule has 0 radical (unpaired) electrons. The summed E-state index contributed by atoms with van der Waals surface area (Å²) in [5.41, 5.74) is 0.385. The molecule has 0 heterocycles. The van der Waals surface area contributed by atoms with Crippen molar-refractivity contribution in [3.63, 3.8) is 0 Å². The maximum Gasteiger partial charge on any atom is 0.343 e. The molecule has 4 nitrogen and oxygen atoms in total. The topological polar surface area (TPSA) is 52.6 Å². The number of ether oxygens (including phenoxy) is 2. The summed E-state index contributed by atoms with van der Waals surface area (Å²) >= 11 is 2.29. The first kappa shape index (κ1) is 18.2. The molecule has 0 bridgehead atoms. The first-order valence-electron chi connectivity index (χ1n) is 7.50. The van der Waals surface area contributed by atoms with Crippen molar-refractivity contribution in [2.75, 3.05) is 4.43 Å². The van der Waals surface area contributed by atoms with Crippen LogP contribution < -0.4 is 9.47 Å². The van der Waals surface area contributed by atoms with Gasteiger partial charge in [0.05, 0.1) is 5.56 Å². The number of alkyl halides is 1. The molecule has 0 saturated carbocycles. The standard InChI is InChI=1S/C19H17IO4/c20-14-6-2-5-9-18(21)23-17-12-10-15(11-13-17)19(22)24-16-7-3-1-4-8-16/h1,3-5,7-13H,2,6,14H2. The summed E-state index contributed by atoms with van der Waals surface area (Å²) in [4.78, 5) is 23.6. The minimum atomic E-state index is -0.460. The Hall–Kier alpha value is -2.15. The lowest BCUT2D eigenvalue weighted by molar-refractivity contribution is -0.129. The van der Waals surface area contributed by atoms with Gasteiger partial charge in [-0.2, -0.15) is 0 Å². The van der Waals surface area contributed by atoms with Crippen LogP contribution in [0.2, 0.25) is 0 Å². The molecule has 5 heteroatoms. The fraction of sp³-hybridized carbons (Fsp3) is 0.158. The molecule has 0 atom stereocenters. The summed E-state index contributed by atoms with van der Waals surface area (Å²) in [7, 11) is 0. The number of allylic oxidation sites excluding steroid dienone is 1. The molecule has 0 amide bonds. The van der Waals surface area contributed by atoms with E-state index in [2.05, 4.69) is 22.6 Å². The maximum absolute atomic E-state index is 12.0. The third kappa shape index (κ3) is 6.16. The van der Waals surface area contributed by atoms with Gasteiger partial charge in [-0.15, -0.1) is 0 Å². The number of rotatable bonds is 7. The first-order valence-corrected chi connectivity index (χ1v) is 9.03. The molecule has 0 spiro atoms. The van der Waals surface area contributed by atoms with Crippen LogP contribution in [0.1, 0.15) is 23.2 Å². The third-order valence-corrected chi connectivity index (χ3v) is 3.78. The molecule has 2 aromatic rings. The zero-order valence-corrected chi connectivity index (χ0v) is 15.1. The molecule has 0 N–H and O–H groups in total. The lowest BCUT2D eigenvalue weighted by Crippen LogP contribution is -2.09. The molecule has 0 aliphatic carbocycles. The maximum atomic E-state index is 12.0. The van der Waals surface area contributed by atoms with Crippen LogP contribution in [0.15, 0.2) is 66.7 Å². The molecule has 0 aromatic heterocycles. The summed E-state index contributed by atoms with van der Waals surface area (Å²) in [5, 5.41) is 0. The van der Waals surface area contributed by atoms with Crippen LogP contribution >= 0.6 is 22.6 Å². The van der Waals surface area contributed by atoms with Gasteiger partial charge in [0.15, 0.2) is 0 Å². The van der Waals surface area contributed by atoms with Crippen molar-refractivity contribution >= 4 is 34.5 Å². The third-order valence-electron chi connectivity index (χ3n) is 3.02. The minimum absolute atomic E-state index is 0.384. The molecule has 0 fully saturated rings. The average molecular weight is 436 g/mol. The molecular weight excluding hydrogens is 419 g/mol. The summed E-state index contributed by atoms with van der Waals surface area (Å²) in [5.74, 6) is -0.0229. The Kier molecular flexibility index (Phi) is 7.48. The van der Waals surface area contributed by atoms with E-state index in [0.717, 1.165) is 17.3 Å². The van der Waals surface area contributed by atoms with Gasteiger partial charge in [-0.05, 0) is 53.7 Å². The number of unbranched alkanes of at least 4 members (excludes halogenated alkanes) is 1. The Morgan fingerprint density at radius 2 is 1.58 bits per heavy atom. The van der Waals surface area contributed by atoms with Crippen LogP contribution in [0, 0.1) is 0 Å². The second kappa shape index (κ2) is 9.87. The van der Waals surface area contributed by atoms with Gasteiger partial charge >= 0.3 is 11.9 Å². The highest BCUT2D eigenvalue weighted by molar-refractivity contribution is 14.1. The highest BCUT2D eigenvalue weighted by Gasteiger charge is 2.09. The average Bonchev–Trinajstić information content (AvgIpc) is 2.60. The van der Waals surface area contributed by atoms with Crippen molar-refractivity contribution in [2.24, 2.45) is 0 Å². The van der Waals surface area contributed by atoms with Crippen molar-refractivity contribution < 1.29 is 19.1 Å². The van der Waals surface area contributed by atoms with E-state index in [-0.39, 0.29) is 0 Å². The van der Waals surface area contributed by atoms with Crippen molar-refractivity contribution in [3.05, 3.63) is 72.3 Å². The Morgan fingerprint density at radius 3 is 2.25 bits per heavy atom. The van der Waals surface area contributed by atoms with Gasteiger partial charge in [-0.1, -0.05) is 46.9 Å². The van der Waals surface area contributed by atoms with E-state index in [1.807, 2.05) is 6.07 Å². The molecule has 2 aromatic carbocycles. The lowest BCUT2D eigenvalue weighted by atomic mass is 10.2. The van der Waals surface area contributed by atoms with E-state index >= 15 is 0 Å². The van der Waals surface area contributed by atoms with E-state index in [1.165, 1.54) is 6.08 Å². The van der Waals surface area contributed by atoms with E-state index in [9.17, 15) is 9.59 Å². The van der Waals surface area contributed by atoms with Crippen LogP contribution in [-0.4, -0.2) is 16.4 Å². The van der Waals surface area contributed by atoms with Gasteiger partial charge in [0.1, 0.15) is 11.5 Å². The van der Waals surface area contributed by atoms with E-state index in [0.29, 0.717) is 17.1 Å². The highest BCUT2D eigenvalue weighted by Crippen LogP contribution is 2.16. The number of halogens is 1. The Labute approximate surface area is 154 Å². The number of esters is 2. The molecule has 0 aliphatic heterocycles. The quantitative estimate of drug-likeness (QED) is 0.159. The predicted octanol–water partition coefficient (Wildman–Crippen LogP) is 4.58. The van der Waals surface area contributed by atoms with Crippen molar-refractivity contribution in [3.8, 4) is 11.5 Å². The van der Waals surface area contributed by atoms with Gasteiger partial charge in [0.2, 0.25) is 0 Å². The van der Waals surface area contributed by atoms with Crippen molar-refractivity contribution in [1.82, 2.24) is 0 Å². The van der Waals surface area contributed by atoms with E-state index < -0.39 is 11.9 Å². The van der Waals surface area contributed by atoms with Crippen LogP contribution in [0.4, 0.5) is 0 Å². The second-order valence-electron chi connectivity index (χ2n) is 4.88. The van der Waals surface area contributed by atoms with Gasteiger partial charge in [-0.3, -0.25) is 0 Å². The first-order chi connectivity index (χ1) is 11.7. The number of benzene rings is 2. The second-order valence-corrected chi connectivity index (χ2v) is 5.96. The monoisotopic (exact) mass is 436 g/mol. The zero-order chi connectivity index (χ0) is 17.2. The van der Waals surface area contributed by atoms with Crippen LogP contribution in [-0.2, 0) is 4.79 Å². The van der Waals surface area contributed by atoms with Crippen molar-refractivity contribution in [2.45, 2.75) is 12.8 Å². The normalized spacial score (nSPS) is 10.5. The minimum Gasteiger partial charge on any atom is -0.423 e. The Balaban J connectivity index is 1.89. The number of hydrogen-bond donors (Lipinski definition) is 0. The van der Waals surface area contributed by atoms with Gasteiger partial charge in [-0.25, -0.2) is 9.59 Å². The highest BCUT2D eigenvalue weighted by atomic mass is 127. The summed E-state index contributed by atoms with van der Waals surface area (Å²) < 4.78 is 11.5. The van der Waals surface area contributed by atoms with Gasteiger partial charge in [0.25, 0.3) is 0 Å². The largest absolute Gasteiger partial charge is 0.423 e. The molecule has 0 saturated heterocycles. The van der Waals surface area contributed by atoms with Crippen LogP contribution in [0.5, 0.6) is 11.5 Å². The number of carbonyl (C=O) groups is 2. The fourth-order valence-electron chi connectivity index (χ4n) is 1.84.